The Hall–Kier alpha value is -0.620. The molecule has 0 heterocycles. The summed E-state index contributed by atoms with van der Waals surface area (Å²) in [4.78, 5) is 11.0. The molecular formula is C26H45NO8S. The van der Waals surface area contributed by atoms with E-state index < -0.39 is 39.9 Å². The smallest absolute Gasteiger partial charge is 0.266 e. The van der Waals surface area contributed by atoms with Crippen LogP contribution in [0.1, 0.15) is 72.1 Å². The fourth-order valence-electron chi connectivity index (χ4n) is 9.37. The quantitative estimate of drug-likeness (QED) is 0.154. The maximum absolute atomic E-state index is 11.5. The summed E-state index contributed by atoms with van der Waals surface area (Å²) in [6, 6.07) is 0. The van der Waals surface area contributed by atoms with Gasteiger partial charge in [0.15, 0.2) is 0 Å². The van der Waals surface area contributed by atoms with Gasteiger partial charge in [-0.1, -0.05) is 20.8 Å². The number of aliphatic hydroxyl groups is 4. The third-order valence-electron chi connectivity index (χ3n) is 11.1. The van der Waals surface area contributed by atoms with Gasteiger partial charge in [-0.05, 0) is 97.7 Å². The second-order valence-electron chi connectivity index (χ2n) is 13.0. The fraction of sp³-hybridized carbons (Fsp3) is 0.962. The molecule has 10 heteroatoms. The third-order valence-corrected chi connectivity index (χ3v) is 11.8. The summed E-state index contributed by atoms with van der Waals surface area (Å²) in [6.45, 7) is 6.48. The highest BCUT2D eigenvalue weighted by Crippen LogP contribution is 2.68. The first kappa shape index (κ1) is 28.4. The van der Waals surface area contributed by atoms with Crippen molar-refractivity contribution < 1.29 is 38.2 Å². The number of fused-ring (bicyclic) bond motifs is 5. The van der Waals surface area contributed by atoms with Crippen LogP contribution in [0.15, 0.2) is 0 Å². The van der Waals surface area contributed by atoms with Gasteiger partial charge in [0, 0.05) is 6.54 Å². The molecule has 4 aliphatic rings. The van der Waals surface area contributed by atoms with Crippen LogP contribution in [0.4, 0.5) is 0 Å². The molecular weight excluding hydrogens is 486 g/mol. The van der Waals surface area contributed by atoms with Crippen molar-refractivity contribution in [2.75, 3.05) is 12.3 Å². The first-order valence-corrected chi connectivity index (χ1v) is 15.2. The number of carbonyl (C=O) groups is 1. The Morgan fingerprint density at radius 3 is 2.42 bits per heavy atom. The van der Waals surface area contributed by atoms with Gasteiger partial charge in [0.2, 0.25) is 0 Å². The van der Waals surface area contributed by atoms with Crippen molar-refractivity contribution in [2.24, 2.45) is 46.3 Å². The lowest BCUT2D eigenvalue weighted by Gasteiger charge is -2.63. The molecule has 208 valence electrons. The maximum atomic E-state index is 11.5. The van der Waals surface area contributed by atoms with E-state index in [2.05, 4.69) is 26.1 Å². The highest BCUT2D eigenvalue weighted by molar-refractivity contribution is 7.85. The van der Waals surface area contributed by atoms with E-state index in [4.69, 9.17) is 4.55 Å². The van der Waals surface area contributed by atoms with Crippen LogP contribution in [0.2, 0.25) is 0 Å². The topological polar surface area (TPSA) is 164 Å². The van der Waals surface area contributed by atoms with E-state index in [0.717, 1.165) is 19.3 Å². The van der Waals surface area contributed by atoms with Crippen molar-refractivity contribution >= 4 is 16.4 Å². The van der Waals surface area contributed by atoms with Gasteiger partial charge in [-0.15, -0.1) is 0 Å². The van der Waals surface area contributed by atoms with Gasteiger partial charge in [0.05, 0.1) is 18.0 Å². The fourth-order valence-corrected chi connectivity index (χ4v) is 9.73. The molecule has 0 amide bonds. The minimum atomic E-state index is -4.12. The number of hydrogen-bond acceptors (Lipinski definition) is 8. The van der Waals surface area contributed by atoms with E-state index in [1.165, 1.54) is 0 Å². The molecule has 0 saturated heterocycles. The van der Waals surface area contributed by atoms with Gasteiger partial charge in [-0.25, -0.2) is 0 Å². The van der Waals surface area contributed by atoms with Gasteiger partial charge in [0.25, 0.3) is 10.1 Å². The lowest BCUT2D eigenvalue weighted by atomic mass is 9.43. The van der Waals surface area contributed by atoms with Crippen molar-refractivity contribution in [1.29, 1.82) is 0 Å². The minimum absolute atomic E-state index is 0.0433. The van der Waals surface area contributed by atoms with Gasteiger partial charge in [-0.2, -0.15) is 8.42 Å². The van der Waals surface area contributed by atoms with E-state index in [0.29, 0.717) is 38.4 Å². The number of aliphatic hydroxyl groups excluding tert-OH is 3. The van der Waals surface area contributed by atoms with Gasteiger partial charge in [0.1, 0.15) is 18.1 Å². The highest BCUT2D eigenvalue weighted by atomic mass is 32.2. The van der Waals surface area contributed by atoms with Crippen LogP contribution in [0, 0.1) is 46.3 Å². The van der Waals surface area contributed by atoms with Crippen LogP contribution in [0.25, 0.3) is 0 Å². The van der Waals surface area contributed by atoms with Crippen molar-refractivity contribution in [3.8, 4) is 0 Å². The van der Waals surface area contributed by atoms with Crippen LogP contribution in [-0.4, -0.2) is 76.0 Å². The zero-order valence-corrected chi connectivity index (χ0v) is 22.5. The second kappa shape index (κ2) is 9.84. The Morgan fingerprint density at radius 1 is 1.08 bits per heavy atom. The Morgan fingerprint density at radius 2 is 1.78 bits per heavy atom. The number of rotatable bonds is 8. The molecule has 0 aromatic rings. The van der Waals surface area contributed by atoms with Crippen LogP contribution < -0.4 is 5.32 Å². The van der Waals surface area contributed by atoms with Gasteiger partial charge in [-0.3, -0.25) is 9.87 Å². The van der Waals surface area contributed by atoms with E-state index in [1.807, 2.05) is 0 Å². The van der Waals surface area contributed by atoms with E-state index in [-0.39, 0.29) is 52.9 Å². The molecule has 0 aromatic heterocycles. The van der Waals surface area contributed by atoms with E-state index in [9.17, 15) is 33.6 Å². The summed E-state index contributed by atoms with van der Waals surface area (Å²) < 4.78 is 31.2. The molecule has 4 fully saturated rings. The molecule has 0 aromatic carbocycles. The molecule has 0 spiro atoms. The average Bonchev–Trinajstić information content (AvgIpc) is 3.05. The van der Waals surface area contributed by atoms with Crippen LogP contribution in [0.3, 0.4) is 0 Å². The lowest BCUT2D eigenvalue weighted by Crippen LogP contribution is -2.63. The van der Waals surface area contributed by atoms with Crippen molar-refractivity contribution in [1.82, 2.24) is 5.32 Å². The minimum Gasteiger partial charge on any atom is -0.393 e. The summed E-state index contributed by atoms with van der Waals surface area (Å²) in [5.41, 5.74) is -1.53. The zero-order valence-electron chi connectivity index (χ0n) is 21.7. The molecule has 4 rings (SSSR count). The molecule has 36 heavy (non-hydrogen) atoms. The molecule has 0 bridgehead atoms. The van der Waals surface area contributed by atoms with Gasteiger partial charge < -0.3 is 25.2 Å². The molecule has 4 aliphatic carbocycles. The number of carbonyl (C=O) groups excluding carboxylic acids is 1. The Balaban J connectivity index is 1.52. The highest BCUT2D eigenvalue weighted by Gasteiger charge is 2.66. The van der Waals surface area contributed by atoms with E-state index in [1.54, 1.807) is 0 Å². The summed E-state index contributed by atoms with van der Waals surface area (Å²) in [7, 11) is -4.12. The zero-order chi connectivity index (χ0) is 26.7. The first-order chi connectivity index (χ1) is 16.6. The van der Waals surface area contributed by atoms with Crippen LogP contribution in [-0.2, 0) is 14.9 Å². The molecule has 12 atom stereocenters. The molecule has 4 saturated carbocycles. The maximum Gasteiger partial charge on any atom is 0.266 e. The summed E-state index contributed by atoms with van der Waals surface area (Å²) in [5, 5.41) is 46.8. The van der Waals surface area contributed by atoms with E-state index >= 15 is 0 Å². The Bertz CT molecular complexity index is 931. The predicted octanol–water partition coefficient (Wildman–Crippen LogP) is 1.34. The summed E-state index contributed by atoms with van der Waals surface area (Å²) in [5.74, 6) is -0.0812. The standard InChI is InChI=1S/C26H45NO8S/c1-15(10-17(29)14-28)19-12-21(31)23-22-18(4-5-25(19,23)3)24(2)6-7-26(32,13-16(24)11-20(22)30)27-8-9-36(33,34)35/h14-23,27,29-32H,4-13H2,1-3H3,(H,33,34,35)/t15-,16-,17-,18?,19-,20+,21+,22?,23?,24+,25-,26-/m1/s1. The Labute approximate surface area is 214 Å². The number of hydrogen-bond donors (Lipinski definition) is 6. The lowest BCUT2D eigenvalue weighted by molar-refractivity contribution is -0.201. The van der Waals surface area contributed by atoms with Crippen LogP contribution >= 0.6 is 0 Å². The largest absolute Gasteiger partial charge is 0.393 e. The third kappa shape index (κ3) is 5.03. The number of nitrogens with one attached hydrogen (secondary N) is 1. The molecule has 9 nitrogen and oxygen atoms in total. The van der Waals surface area contributed by atoms with Crippen molar-refractivity contribution in [3.63, 3.8) is 0 Å². The van der Waals surface area contributed by atoms with Crippen LogP contribution in [0.5, 0.6) is 0 Å². The molecule has 0 radical (unpaired) electrons. The van der Waals surface area contributed by atoms with Crippen molar-refractivity contribution in [2.45, 2.75) is 96.2 Å². The molecule has 6 N–H and O–H groups in total. The average molecular weight is 532 g/mol. The molecule has 0 aliphatic heterocycles. The van der Waals surface area contributed by atoms with Crippen molar-refractivity contribution in [3.05, 3.63) is 0 Å². The second-order valence-corrected chi connectivity index (χ2v) is 14.6. The molecule has 3 unspecified atom stereocenters. The van der Waals surface area contributed by atoms with Gasteiger partial charge >= 0.3 is 0 Å². The first-order valence-electron chi connectivity index (χ1n) is 13.6. The SMILES string of the molecule is C[C@H](C[C@@H](O)C=O)[C@H]1C[C@H](O)C2C3C(CC[C@@]21C)[C@@]1(C)CC[C@](O)(NCCS(=O)(=O)O)C[C@H]1C[C@@H]3O. The normalized spacial score (nSPS) is 48.4. The Kier molecular flexibility index (Phi) is 7.76. The number of aldehydes is 1. The monoisotopic (exact) mass is 531 g/mol. The summed E-state index contributed by atoms with van der Waals surface area (Å²) >= 11 is 0. The predicted molar refractivity (Wildman–Crippen MR) is 133 cm³/mol. The summed E-state index contributed by atoms with van der Waals surface area (Å²) in [6.07, 6.45) is 3.36.